The predicted molar refractivity (Wildman–Crippen MR) is 138 cm³/mol. The van der Waals surface area contributed by atoms with E-state index < -0.39 is 23.0 Å². The molecule has 0 unspecified atom stereocenters. The van der Waals surface area contributed by atoms with E-state index in [2.05, 4.69) is 4.98 Å². The third-order valence-electron chi connectivity index (χ3n) is 7.06. The summed E-state index contributed by atoms with van der Waals surface area (Å²) >= 11 is 12.3. The molecule has 5 rings (SSSR count). The van der Waals surface area contributed by atoms with E-state index in [9.17, 15) is 15.0 Å². The number of carbonyl (C=O) groups is 1. The Balaban J connectivity index is 1.74. The van der Waals surface area contributed by atoms with Gasteiger partial charge in [0, 0.05) is 27.9 Å². The summed E-state index contributed by atoms with van der Waals surface area (Å²) in [5.41, 5.74) is -0.421. The van der Waals surface area contributed by atoms with Crippen LogP contribution in [0.5, 0.6) is 0 Å². The van der Waals surface area contributed by atoms with Gasteiger partial charge in [0.25, 0.3) is 5.91 Å². The molecule has 1 aromatic heterocycles. The molecule has 0 radical (unpaired) electrons. The Morgan fingerprint density at radius 1 is 1.08 bits per heavy atom. The first-order valence-electron chi connectivity index (χ1n) is 11.9. The van der Waals surface area contributed by atoms with Gasteiger partial charge in [0.05, 0.1) is 34.6 Å². The standard InChI is InChI=1S/C28H28Cl2N2O4/c1-17(24-11-9-21(30)15-31-24)32-25(33)22-14-19(26(2,3)34)6-10-23(22)28(32,36-16-27(35)12-13-27)18-4-7-20(29)8-5-18/h4-11,14-15,17,34-35H,12-13,16H2,1-3H3/t17-,28+/m0/s1. The monoisotopic (exact) mass is 526 g/mol. The normalized spacial score (nSPS) is 21.4. The van der Waals surface area contributed by atoms with E-state index in [1.54, 1.807) is 61.3 Å². The van der Waals surface area contributed by atoms with Crippen LogP contribution in [-0.4, -0.2) is 38.2 Å². The smallest absolute Gasteiger partial charge is 0.257 e. The van der Waals surface area contributed by atoms with Crippen LogP contribution in [0, 0.1) is 0 Å². The van der Waals surface area contributed by atoms with Crippen LogP contribution >= 0.6 is 23.2 Å². The molecule has 1 amide bonds. The van der Waals surface area contributed by atoms with Crippen LogP contribution in [0.4, 0.5) is 0 Å². The molecule has 1 aliphatic heterocycles. The third kappa shape index (κ3) is 4.31. The summed E-state index contributed by atoms with van der Waals surface area (Å²) in [6.07, 6.45) is 2.82. The number of benzene rings is 2. The molecular formula is C28H28Cl2N2O4. The molecule has 3 aromatic rings. The number of hydrogen-bond acceptors (Lipinski definition) is 5. The first-order chi connectivity index (χ1) is 16.9. The van der Waals surface area contributed by atoms with Crippen molar-refractivity contribution in [1.29, 1.82) is 0 Å². The average Bonchev–Trinajstić information content (AvgIpc) is 3.52. The van der Waals surface area contributed by atoms with Gasteiger partial charge in [-0.25, -0.2) is 0 Å². The van der Waals surface area contributed by atoms with Gasteiger partial charge < -0.3 is 14.9 Å². The van der Waals surface area contributed by atoms with Crippen LogP contribution in [0.1, 0.15) is 72.4 Å². The molecule has 1 aliphatic carbocycles. The quantitative estimate of drug-likeness (QED) is 0.420. The Kier molecular flexibility index (Phi) is 6.17. The summed E-state index contributed by atoms with van der Waals surface area (Å²) in [4.78, 5) is 20.3. The molecule has 188 valence electrons. The number of halogens is 2. The lowest BCUT2D eigenvalue weighted by molar-refractivity contribution is -0.145. The first kappa shape index (κ1) is 25.2. The lowest BCUT2D eigenvalue weighted by Gasteiger charge is -2.43. The maximum atomic E-state index is 14.2. The van der Waals surface area contributed by atoms with E-state index in [1.807, 2.05) is 25.1 Å². The van der Waals surface area contributed by atoms with Gasteiger partial charge in [0.1, 0.15) is 0 Å². The zero-order valence-corrected chi connectivity index (χ0v) is 21.8. The SMILES string of the molecule is C[C@@H](c1ccc(Cl)cn1)N1C(=O)c2cc(C(C)(C)O)ccc2[C@]1(OCC1(O)CC1)c1ccc(Cl)cc1. The number of amides is 1. The highest BCUT2D eigenvalue weighted by molar-refractivity contribution is 6.30. The second-order valence-corrected chi connectivity index (χ2v) is 11.1. The molecule has 2 heterocycles. The topological polar surface area (TPSA) is 82.9 Å². The summed E-state index contributed by atoms with van der Waals surface area (Å²) in [6.45, 7) is 5.29. The van der Waals surface area contributed by atoms with Gasteiger partial charge in [-0.15, -0.1) is 0 Å². The van der Waals surface area contributed by atoms with Crippen LogP contribution in [0.15, 0.2) is 60.8 Å². The van der Waals surface area contributed by atoms with Crippen LogP contribution in [0.3, 0.4) is 0 Å². The van der Waals surface area contributed by atoms with Gasteiger partial charge >= 0.3 is 0 Å². The molecule has 0 saturated heterocycles. The molecule has 0 bridgehead atoms. The van der Waals surface area contributed by atoms with Crippen molar-refractivity contribution in [2.24, 2.45) is 0 Å². The minimum Gasteiger partial charge on any atom is -0.387 e. The molecule has 2 aliphatic rings. The van der Waals surface area contributed by atoms with Crippen LogP contribution in [0.2, 0.25) is 10.0 Å². The molecule has 36 heavy (non-hydrogen) atoms. The van der Waals surface area contributed by atoms with E-state index in [4.69, 9.17) is 27.9 Å². The summed E-state index contributed by atoms with van der Waals surface area (Å²) in [5.74, 6) is -0.266. The fraction of sp³-hybridized carbons (Fsp3) is 0.357. The predicted octanol–water partition coefficient (Wildman–Crippen LogP) is 5.58. The number of carbonyl (C=O) groups excluding carboxylic acids is 1. The third-order valence-corrected chi connectivity index (χ3v) is 7.53. The van der Waals surface area contributed by atoms with Crippen molar-refractivity contribution in [1.82, 2.24) is 9.88 Å². The van der Waals surface area contributed by atoms with E-state index >= 15 is 0 Å². The summed E-state index contributed by atoms with van der Waals surface area (Å²) in [7, 11) is 0. The number of aromatic nitrogens is 1. The van der Waals surface area contributed by atoms with E-state index in [0.717, 1.165) is 0 Å². The minimum absolute atomic E-state index is 0.0485. The van der Waals surface area contributed by atoms with E-state index in [1.165, 1.54) is 0 Å². The highest BCUT2D eigenvalue weighted by Crippen LogP contribution is 2.51. The van der Waals surface area contributed by atoms with E-state index in [0.29, 0.717) is 50.8 Å². The average molecular weight is 527 g/mol. The van der Waals surface area contributed by atoms with Crippen LogP contribution in [0.25, 0.3) is 0 Å². The Labute approximate surface area is 220 Å². The first-order valence-corrected chi connectivity index (χ1v) is 12.7. The molecule has 6 nitrogen and oxygen atoms in total. The Bertz CT molecular complexity index is 1300. The van der Waals surface area contributed by atoms with E-state index in [-0.39, 0.29) is 12.5 Å². The largest absolute Gasteiger partial charge is 0.387 e. The molecule has 0 spiro atoms. The summed E-state index contributed by atoms with van der Waals surface area (Å²) in [5, 5.41) is 22.4. The van der Waals surface area contributed by atoms with Crippen molar-refractivity contribution in [2.45, 2.75) is 56.6 Å². The molecule has 1 saturated carbocycles. The Hall–Kier alpha value is -2.48. The van der Waals surface area contributed by atoms with Gasteiger partial charge in [-0.3, -0.25) is 14.7 Å². The van der Waals surface area contributed by atoms with Gasteiger partial charge in [0.15, 0.2) is 5.72 Å². The lowest BCUT2D eigenvalue weighted by Crippen LogP contribution is -2.49. The molecule has 8 heteroatoms. The number of pyridine rings is 1. The van der Waals surface area contributed by atoms with Gasteiger partial charge in [-0.05, 0) is 69.5 Å². The molecule has 1 fully saturated rings. The molecular weight excluding hydrogens is 499 g/mol. The summed E-state index contributed by atoms with van der Waals surface area (Å²) < 4.78 is 6.64. The lowest BCUT2D eigenvalue weighted by atomic mass is 9.89. The highest BCUT2D eigenvalue weighted by Gasteiger charge is 2.56. The fourth-order valence-electron chi connectivity index (χ4n) is 4.74. The molecule has 2 aromatic carbocycles. The fourth-order valence-corrected chi connectivity index (χ4v) is 4.98. The van der Waals surface area contributed by atoms with Crippen molar-refractivity contribution < 1.29 is 19.7 Å². The number of aliphatic hydroxyl groups is 2. The van der Waals surface area contributed by atoms with Crippen molar-refractivity contribution in [3.63, 3.8) is 0 Å². The maximum Gasteiger partial charge on any atom is 0.257 e. The second kappa shape index (κ2) is 8.82. The zero-order valence-electron chi connectivity index (χ0n) is 20.3. The van der Waals surface area contributed by atoms with Crippen LogP contribution < -0.4 is 0 Å². The molecule has 2 N–H and O–H groups in total. The van der Waals surface area contributed by atoms with Gasteiger partial charge in [-0.1, -0.05) is 47.5 Å². The number of fused-ring (bicyclic) bond motifs is 1. The van der Waals surface area contributed by atoms with Crippen molar-refractivity contribution in [3.8, 4) is 0 Å². The van der Waals surface area contributed by atoms with Crippen molar-refractivity contribution >= 4 is 29.1 Å². The minimum atomic E-state index is -1.35. The molecule has 2 atom stereocenters. The zero-order chi connectivity index (χ0) is 25.9. The second-order valence-electron chi connectivity index (χ2n) is 10.2. The summed E-state index contributed by atoms with van der Waals surface area (Å²) in [6, 6.07) is 15.5. The van der Waals surface area contributed by atoms with Crippen molar-refractivity contribution in [2.75, 3.05) is 6.61 Å². The maximum absolute atomic E-state index is 14.2. The highest BCUT2D eigenvalue weighted by atomic mass is 35.5. The number of nitrogens with zero attached hydrogens (tertiary/aromatic N) is 2. The Morgan fingerprint density at radius 2 is 1.75 bits per heavy atom. The van der Waals surface area contributed by atoms with Crippen LogP contribution in [-0.2, 0) is 16.1 Å². The van der Waals surface area contributed by atoms with Crippen molar-refractivity contribution in [3.05, 3.63) is 98.8 Å². The van der Waals surface area contributed by atoms with Gasteiger partial charge in [0.2, 0.25) is 0 Å². The number of rotatable bonds is 7. The van der Waals surface area contributed by atoms with Gasteiger partial charge in [-0.2, -0.15) is 0 Å². The Morgan fingerprint density at radius 3 is 2.33 bits per heavy atom. The number of ether oxygens (including phenoxy) is 1. The number of hydrogen-bond donors (Lipinski definition) is 2.